The molecule has 0 fully saturated rings. The number of para-hydroxylation sites is 1. The number of nitrogens with one attached hydrogen (secondary N) is 1. The van der Waals surface area contributed by atoms with Gasteiger partial charge in [0.25, 0.3) is 11.5 Å². The van der Waals surface area contributed by atoms with Gasteiger partial charge in [0.1, 0.15) is 18.2 Å². The fourth-order valence-electron chi connectivity index (χ4n) is 3.42. The Morgan fingerprint density at radius 2 is 1.77 bits per heavy atom. The van der Waals surface area contributed by atoms with Crippen LogP contribution in [-0.2, 0) is 13.2 Å². The van der Waals surface area contributed by atoms with Crippen LogP contribution >= 0.6 is 0 Å². The Hall–Kier alpha value is -4.46. The summed E-state index contributed by atoms with van der Waals surface area (Å²) < 4.78 is 25.7. The number of amides is 1. The number of hydrogen-bond acceptors (Lipinski definition) is 5. The Morgan fingerprint density at radius 3 is 2.54 bits per heavy atom. The lowest BCUT2D eigenvalue weighted by molar-refractivity contribution is 0.0950. The second-order valence-corrected chi connectivity index (χ2v) is 7.61. The number of hydrogen-bond donors (Lipinski definition) is 1. The molecule has 1 N–H and O–H groups in total. The molecular weight excluding hydrogens is 449 g/mol. The van der Waals surface area contributed by atoms with E-state index in [1.54, 1.807) is 36.4 Å². The van der Waals surface area contributed by atoms with E-state index in [9.17, 15) is 14.0 Å². The molecule has 0 aliphatic heterocycles. The van der Waals surface area contributed by atoms with Crippen molar-refractivity contribution in [1.29, 1.82) is 0 Å². The van der Waals surface area contributed by atoms with Gasteiger partial charge < -0.3 is 14.8 Å². The lowest BCUT2D eigenvalue weighted by Crippen LogP contribution is -2.23. The Bertz CT molecular complexity index is 1370. The lowest BCUT2D eigenvalue weighted by Gasteiger charge is -2.11. The molecular formula is C27H24FN3O4. The Balaban J connectivity index is 1.43. The minimum Gasteiger partial charge on any atom is -0.494 e. The van der Waals surface area contributed by atoms with Crippen LogP contribution < -0.4 is 20.3 Å². The summed E-state index contributed by atoms with van der Waals surface area (Å²) in [6, 6.07) is 22.9. The lowest BCUT2D eigenvalue weighted by atomic mass is 10.1. The van der Waals surface area contributed by atoms with Gasteiger partial charge in [-0.3, -0.25) is 9.59 Å². The van der Waals surface area contributed by atoms with Crippen molar-refractivity contribution in [3.8, 4) is 17.3 Å². The first-order valence-corrected chi connectivity index (χ1v) is 11.1. The maximum atomic E-state index is 13.4. The van der Waals surface area contributed by atoms with Crippen LogP contribution in [0, 0.1) is 5.82 Å². The van der Waals surface area contributed by atoms with Crippen molar-refractivity contribution in [1.82, 2.24) is 15.1 Å². The highest BCUT2D eigenvalue weighted by Crippen LogP contribution is 2.18. The quantitative estimate of drug-likeness (QED) is 0.392. The number of rotatable bonds is 9. The third-order valence-electron chi connectivity index (χ3n) is 5.14. The molecule has 0 bridgehead atoms. The number of carbonyl (C=O) groups is 1. The van der Waals surface area contributed by atoms with Crippen molar-refractivity contribution >= 4 is 5.91 Å². The summed E-state index contributed by atoms with van der Waals surface area (Å²) >= 11 is 0. The number of carbonyl (C=O) groups excluding carboxylic acids is 1. The zero-order valence-corrected chi connectivity index (χ0v) is 19.1. The van der Waals surface area contributed by atoms with E-state index >= 15 is 0 Å². The van der Waals surface area contributed by atoms with Gasteiger partial charge >= 0.3 is 0 Å². The zero-order valence-electron chi connectivity index (χ0n) is 19.1. The van der Waals surface area contributed by atoms with Crippen molar-refractivity contribution in [3.63, 3.8) is 0 Å². The zero-order chi connectivity index (χ0) is 24.6. The van der Waals surface area contributed by atoms with Crippen molar-refractivity contribution in [2.75, 3.05) is 6.61 Å². The highest BCUT2D eigenvalue weighted by atomic mass is 19.1. The third-order valence-corrected chi connectivity index (χ3v) is 5.14. The van der Waals surface area contributed by atoms with Crippen molar-refractivity contribution in [3.05, 3.63) is 118 Å². The monoisotopic (exact) mass is 473 g/mol. The molecule has 0 radical (unpaired) electrons. The maximum absolute atomic E-state index is 13.4. The van der Waals surface area contributed by atoms with Gasteiger partial charge in [0.2, 0.25) is 5.88 Å². The molecule has 35 heavy (non-hydrogen) atoms. The van der Waals surface area contributed by atoms with Gasteiger partial charge in [0, 0.05) is 29.8 Å². The van der Waals surface area contributed by atoms with E-state index in [1.807, 2.05) is 31.2 Å². The van der Waals surface area contributed by atoms with Gasteiger partial charge in [0.15, 0.2) is 0 Å². The summed E-state index contributed by atoms with van der Waals surface area (Å²) in [5.41, 5.74) is 2.08. The van der Waals surface area contributed by atoms with Crippen molar-refractivity contribution in [2.24, 2.45) is 0 Å². The van der Waals surface area contributed by atoms with E-state index in [4.69, 9.17) is 9.47 Å². The molecule has 0 saturated heterocycles. The van der Waals surface area contributed by atoms with Crippen LogP contribution in [-0.4, -0.2) is 22.3 Å². The highest BCUT2D eigenvalue weighted by molar-refractivity contribution is 5.94. The van der Waals surface area contributed by atoms with Crippen LogP contribution in [0.3, 0.4) is 0 Å². The summed E-state index contributed by atoms with van der Waals surface area (Å²) in [4.78, 5) is 25.0. The van der Waals surface area contributed by atoms with Crippen LogP contribution in [0.15, 0.2) is 89.7 Å². The molecule has 4 rings (SSSR count). The number of ether oxygens (including phenoxy) is 2. The SMILES string of the molecule is CCOc1ccccc1CNC(=O)c1ccc(-n2nc(OCc3cccc(F)c3)ccc2=O)cc1. The summed E-state index contributed by atoms with van der Waals surface area (Å²) in [5, 5.41) is 7.11. The number of halogens is 1. The summed E-state index contributed by atoms with van der Waals surface area (Å²) in [7, 11) is 0. The largest absolute Gasteiger partial charge is 0.494 e. The van der Waals surface area contributed by atoms with Gasteiger partial charge in [0.05, 0.1) is 12.3 Å². The molecule has 3 aromatic carbocycles. The number of benzene rings is 3. The summed E-state index contributed by atoms with van der Waals surface area (Å²) in [6.45, 7) is 2.87. The topological polar surface area (TPSA) is 82.4 Å². The summed E-state index contributed by atoms with van der Waals surface area (Å²) in [5.74, 6) is 0.334. The second-order valence-electron chi connectivity index (χ2n) is 7.61. The smallest absolute Gasteiger partial charge is 0.271 e. The molecule has 0 aliphatic carbocycles. The van der Waals surface area contributed by atoms with E-state index in [1.165, 1.54) is 28.9 Å². The van der Waals surface area contributed by atoms with Gasteiger partial charge in [-0.05, 0) is 55.0 Å². The van der Waals surface area contributed by atoms with Gasteiger partial charge in [-0.1, -0.05) is 30.3 Å². The molecule has 178 valence electrons. The van der Waals surface area contributed by atoms with E-state index in [0.717, 1.165) is 11.3 Å². The first-order valence-electron chi connectivity index (χ1n) is 11.1. The molecule has 0 unspecified atom stereocenters. The minimum absolute atomic E-state index is 0.106. The summed E-state index contributed by atoms with van der Waals surface area (Å²) in [6.07, 6.45) is 0. The predicted molar refractivity (Wildman–Crippen MR) is 129 cm³/mol. The Kier molecular flexibility index (Phi) is 7.52. The maximum Gasteiger partial charge on any atom is 0.271 e. The van der Waals surface area contributed by atoms with Crippen LogP contribution in [0.25, 0.3) is 5.69 Å². The van der Waals surface area contributed by atoms with E-state index < -0.39 is 0 Å². The molecule has 1 heterocycles. The first kappa shape index (κ1) is 23.7. The molecule has 0 atom stereocenters. The predicted octanol–water partition coefficient (Wildman–Crippen LogP) is 4.28. The number of nitrogens with zero attached hydrogens (tertiary/aromatic N) is 2. The van der Waals surface area contributed by atoms with E-state index in [2.05, 4.69) is 10.4 Å². The highest BCUT2D eigenvalue weighted by Gasteiger charge is 2.10. The van der Waals surface area contributed by atoms with Crippen molar-refractivity contribution < 1.29 is 18.7 Å². The molecule has 1 amide bonds. The Morgan fingerprint density at radius 1 is 0.971 bits per heavy atom. The average molecular weight is 474 g/mol. The fraction of sp³-hybridized carbons (Fsp3) is 0.148. The molecule has 8 heteroatoms. The number of aromatic nitrogens is 2. The van der Waals surface area contributed by atoms with Crippen LogP contribution in [0.2, 0.25) is 0 Å². The average Bonchev–Trinajstić information content (AvgIpc) is 2.88. The Labute approximate surface area is 201 Å². The van der Waals surface area contributed by atoms with Gasteiger partial charge in [-0.25, -0.2) is 4.39 Å². The second kappa shape index (κ2) is 11.1. The minimum atomic E-state index is -0.355. The fourth-order valence-corrected chi connectivity index (χ4v) is 3.42. The molecule has 0 aliphatic rings. The van der Waals surface area contributed by atoms with Crippen molar-refractivity contribution in [2.45, 2.75) is 20.1 Å². The molecule has 0 saturated carbocycles. The molecule has 1 aromatic heterocycles. The van der Waals surface area contributed by atoms with Crippen LogP contribution in [0.5, 0.6) is 11.6 Å². The normalized spacial score (nSPS) is 10.6. The third kappa shape index (κ3) is 6.11. The van der Waals surface area contributed by atoms with Gasteiger partial charge in [-0.15, -0.1) is 5.10 Å². The standard InChI is InChI=1S/C27H24FN3O4/c1-2-34-24-9-4-3-7-21(24)17-29-27(33)20-10-12-23(13-11-20)31-26(32)15-14-25(30-31)35-18-19-6-5-8-22(28)16-19/h3-16H,2,17-18H2,1H3,(H,29,33). The van der Waals surface area contributed by atoms with E-state index in [-0.39, 0.29) is 29.8 Å². The molecule has 7 nitrogen and oxygen atoms in total. The van der Waals surface area contributed by atoms with Crippen LogP contribution in [0.4, 0.5) is 4.39 Å². The molecule has 4 aromatic rings. The van der Waals surface area contributed by atoms with Gasteiger partial charge in [-0.2, -0.15) is 4.68 Å². The van der Waals surface area contributed by atoms with E-state index in [0.29, 0.717) is 30.0 Å². The van der Waals surface area contributed by atoms with Crippen LogP contribution in [0.1, 0.15) is 28.4 Å². The molecule has 0 spiro atoms. The first-order chi connectivity index (χ1) is 17.0.